The monoisotopic (exact) mass is 437 g/mol. The Balaban J connectivity index is 1.68. The van der Waals surface area contributed by atoms with Crippen molar-refractivity contribution < 1.29 is 22.6 Å². The van der Waals surface area contributed by atoms with Crippen LogP contribution < -0.4 is 9.47 Å². The largest absolute Gasteiger partial charge is 0.493 e. The van der Waals surface area contributed by atoms with E-state index in [1.807, 2.05) is 25.2 Å². The topological polar surface area (TPSA) is 82.9 Å². The number of hydrogen-bond donors (Lipinski definition) is 0. The zero-order valence-corrected chi connectivity index (χ0v) is 18.9. The smallest absolute Gasteiger partial charge is 0.227 e. The Morgan fingerprint density at radius 3 is 2.67 bits per heavy atom. The average molecular weight is 438 g/mol. The van der Waals surface area contributed by atoms with Crippen LogP contribution in [-0.2, 0) is 34.1 Å². The predicted octanol–water partition coefficient (Wildman–Crippen LogP) is 2.16. The van der Waals surface area contributed by atoms with Crippen LogP contribution in [-0.4, -0.2) is 69.6 Å². The first-order valence-electron chi connectivity index (χ1n) is 10.1. The van der Waals surface area contributed by atoms with E-state index in [1.54, 1.807) is 25.0 Å². The van der Waals surface area contributed by atoms with Gasteiger partial charge < -0.3 is 23.7 Å². The zero-order chi connectivity index (χ0) is 21.7. The molecule has 9 heteroatoms. The van der Waals surface area contributed by atoms with Crippen molar-refractivity contribution in [2.45, 2.75) is 43.6 Å². The van der Waals surface area contributed by atoms with E-state index >= 15 is 0 Å². The molecule has 1 aliphatic heterocycles. The molecule has 0 radical (unpaired) electrons. The highest BCUT2D eigenvalue weighted by Crippen LogP contribution is 2.28. The molecule has 0 bridgehead atoms. The zero-order valence-electron chi connectivity index (χ0n) is 18.1. The van der Waals surface area contributed by atoms with Crippen LogP contribution in [0.4, 0.5) is 0 Å². The van der Waals surface area contributed by atoms with Gasteiger partial charge in [-0.05, 0) is 44.0 Å². The lowest BCUT2D eigenvalue weighted by Gasteiger charge is -2.20. The highest BCUT2D eigenvalue weighted by Gasteiger charge is 2.24. The van der Waals surface area contributed by atoms with Crippen LogP contribution in [0.15, 0.2) is 29.6 Å². The fraction of sp³-hybridized carbons (Fsp3) is 0.571. The van der Waals surface area contributed by atoms with Gasteiger partial charge in [-0.2, -0.15) is 0 Å². The maximum Gasteiger partial charge on any atom is 0.227 e. The third kappa shape index (κ3) is 5.53. The van der Waals surface area contributed by atoms with Crippen molar-refractivity contribution >= 4 is 9.84 Å². The molecule has 0 N–H and O–H groups in total. The first-order valence-corrected chi connectivity index (χ1v) is 12.0. The SMILES string of the molecule is COc1ccc(CCN(C)Cc2cnc(S(C)(=O)=O)n2CC2CCCO2)cc1OC. The molecule has 2 aromatic rings. The van der Waals surface area contributed by atoms with Gasteiger partial charge in [0.15, 0.2) is 11.5 Å². The molecule has 1 fully saturated rings. The van der Waals surface area contributed by atoms with Crippen LogP contribution >= 0.6 is 0 Å². The van der Waals surface area contributed by atoms with E-state index in [1.165, 1.54) is 6.26 Å². The molecule has 0 aliphatic carbocycles. The standard InChI is InChI=1S/C21H31N3O5S/c1-23(10-9-16-7-8-19(27-2)20(12-16)28-3)14-17-13-22-21(30(4,25)26)24(17)15-18-6-5-11-29-18/h7-8,12-13,18H,5-6,9-11,14-15H2,1-4H3. The van der Waals surface area contributed by atoms with E-state index in [4.69, 9.17) is 14.2 Å². The van der Waals surface area contributed by atoms with Crippen LogP contribution in [0.2, 0.25) is 0 Å². The van der Waals surface area contributed by atoms with Gasteiger partial charge in [0.05, 0.1) is 38.8 Å². The first kappa shape index (κ1) is 22.6. The molecule has 1 aliphatic rings. The molecule has 1 aromatic carbocycles. The summed E-state index contributed by atoms with van der Waals surface area (Å²) in [7, 11) is 1.86. The van der Waals surface area contributed by atoms with Crippen molar-refractivity contribution in [3.05, 3.63) is 35.7 Å². The Morgan fingerprint density at radius 2 is 2.03 bits per heavy atom. The maximum absolute atomic E-state index is 12.2. The number of aromatic nitrogens is 2. The van der Waals surface area contributed by atoms with Gasteiger partial charge in [0.1, 0.15) is 0 Å². The second kappa shape index (κ2) is 9.80. The molecule has 2 heterocycles. The third-order valence-corrected chi connectivity index (χ3v) is 6.29. The molecule has 1 atom stereocenters. The maximum atomic E-state index is 12.2. The lowest BCUT2D eigenvalue weighted by Crippen LogP contribution is -2.25. The molecule has 3 rings (SSSR count). The number of rotatable bonds is 10. The van der Waals surface area contributed by atoms with Crippen LogP contribution in [0.5, 0.6) is 11.5 Å². The minimum Gasteiger partial charge on any atom is -0.493 e. The number of sulfone groups is 1. The third-order valence-electron chi connectivity index (χ3n) is 5.31. The first-order chi connectivity index (χ1) is 14.3. The summed E-state index contributed by atoms with van der Waals surface area (Å²) in [4.78, 5) is 6.36. The van der Waals surface area contributed by atoms with Crippen LogP contribution in [0.25, 0.3) is 0 Å². The molecular formula is C21H31N3O5S. The number of benzene rings is 1. The van der Waals surface area contributed by atoms with Crippen LogP contribution in [0.3, 0.4) is 0 Å². The summed E-state index contributed by atoms with van der Waals surface area (Å²) in [5.74, 6) is 1.42. The fourth-order valence-corrected chi connectivity index (χ4v) is 4.55. The Hall–Kier alpha value is -2.10. The Morgan fingerprint density at radius 1 is 1.27 bits per heavy atom. The summed E-state index contributed by atoms with van der Waals surface area (Å²) >= 11 is 0. The summed E-state index contributed by atoms with van der Waals surface area (Å²) in [6.45, 7) is 2.65. The summed E-state index contributed by atoms with van der Waals surface area (Å²) < 4.78 is 42.6. The molecule has 30 heavy (non-hydrogen) atoms. The summed E-state index contributed by atoms with van der Waals surface area (Å²) in [6, 6.07) is 5.91. The normalized spacial score (nSPS) is 16.9. The predicted molar refractivity (Wildman–Crippen MR) is 114 cm³/mol. The molecule has 1 unspecified atom stereocenters. The summed E-state index contributed by atoms with van der Waals surface area (Å²) in [6.07, 6.45) is 5.68. The second-order valence-corrected chi connectivity index (χ2v) is 9.64. The van der Waals surface area contributed by atoms with Gasteiger partial charge in [-0.15, -0.1) is 0 Å². The van der Waals surface area contributed by atoms with Gasteiger partial charge in [0, 0.05) is 26.0 Å². The molecule has 0 saturated carbocycles. The van der Waals surface area contributed by atoms with Crippen molar-refractivity contribution in [3.63, 3.8) is 0 Å². The molecule has 166 valence electrons. The van der Waals surface area contributed by atoms with E-state index in [2.05, 4.69) is 9.88 Å². The quantitative estimate of drug-likeness (QED) is 0.563. The van der Waals surface area contributed by atoms with Crippen molar-refractivity contribution in [1.82, 2.24) is 14.5 Å². The van der Waals surface area contributed by atoms with Crippen LogP contribution in [0.1, 0.15) is 24.1 Å². The minimum atomic E-state index is -3.41. The fourth-order valence-electron chi connectivity index (χ4n) is 3.71. The highest BCUT2D eigenvalue weighted by molar-refractivity contribution is 7.90. The van der Waals surface area contributed by atoms with Gasteiger partial charge in [-0.1, -0.05) is 6.07 Å². The molecule has 8 nitrogen and oxygen atoms in total. The van der Waals surface area contributed by atoms with Gasteiger partial charge in [-0.25, -0.2) is 13.4 Å². The molecular weight excluding hydrogens is 406 g/mol. The Kier molecular flexibility index (Phi) is 7.38. The van der Waals surface area contributed by atoms with Crippen molar-refractivity contribution in [1.29, 1.82) is 0 Å². The van der Waals surface area contributed by atoms with Gasteiger partial charge in [-0.3, -0.25) is 0 Å². The lowest BCUT2D eigenvalue weighted by atomic mass is 10.1. The number of nitrogens with zero attached hydrogens (tertiary/aromatic N) is 3. The van der Waals surface area contributed by atoms with Crippen molar-refractivity contribution in [2.75, 3.05) is 40.7 Å². The number of imidazole rings is 1. The molecule has 1 aromatic heterocycles. The van der Waals surface area contributed by atoms with E-state index in [0.717, 1.165) is 43.7 Å². The number of likely N-dealkylation sites (N-methyl/N-ethyl adjacent to an activating group) is 1. The number of methoxy groups -OCH3 is 2. The summed E-state index contributed by atoms with van der Waals surface area (Å²) in [5.41, 5.74) is 2.02. The van der Waals surface area contributed by atoms with Gasteiger partial charge >= 0.3 is 0 Å². The van der Waals surface area contributed by atoms with E-state index < -0.39 is 9.84 Å². The van der Waals surface area contributed by atoms with E-state index in [-0.39, 0.29) is 11.3 Å². The highest BCUT2D eigenvalue weighted by atomic mass is 32.2. The number of ether oxygens (including phenoxy) is 3. The number of hydrogen-bond acceptors (Lipinski definition) is 7. The van der Waals surface area contributed by atoms with E-state index in [9.17, 15) is 8.42 Å². The van der Waals surface area contributed by atoms with Gasteiger partial charge in [0.2, 0.25) is 15.0 Å². The summed E-state index contributed by atoms with van der Waals surface area (Å²) in [5, 5.41) is 0.112. The lowest BCUT2D eigenvalue weighted by molar-refractivity contribution is 0.0935. The molecule has 0 amide bonds. The molecule has 1 saturated heterocycles. The Bertz CT molecular complexity index is 952. The van der Waals surface area contributed by atoms with E-state index in [0.29, 0.717) is 24.6 Å². The van der Waals surface area contributed by atoms with Gasteiger partial charge in [0.25, 0.3) is 0 Å². The van der Waals surface area contributed by atoms with Crippen LogP contribution in [0, 0.1) is 0 Å². The van der Waals surface area contributed by atoms with Crippen molar-refractivity contribution in [3.8, 4) is 11.5 Å². The van der Waals surface area contributed by atoms with Crippen molar-refractivity contribution in [2.24, 2.45) is 0 Å². The molecule has 0 spiro atoms. The second-order valence-electron chi connectivity index (χ2n) is 7.73. The minimum absolute atomic E-state index is 0.0375. The Labute approximate surface area is 178 Å². The average Bonchev–Trinajstić information content (AvgIpc) is 3.36.